The minimum absolute atomic E-state index is 0.254. The Kier molecular flexibility index (Phi) is 2.24. The molecule has 0 amide bonds. The van der Waals surface area contributed by atoms with Gasteiger partial charge in [0.1, 0.15) is 11.3 Å². The van der Waals surface area contributed by atoms with Crippen LogP contribution in [0.4, 0.5) is 21.8 Å². The minimum atomic E-state index is -0.254. The topological polar surface area (TPSA) is 55.3 Å². The van der Waals surface area contributed by atoms with E-state index in [0.717, 1.165) is 24.2 Å². The fraction of sp³-hybridized carbons (Fsp3) is 0.133. The summed E-state index contributed by atoms with van der Waals surface area (Å²) in [7, 11) is 0. The molecule has 0 atom stereocenters. The van der Waals surface area contributed by atoms with Crippen molar-refractivity contribution in [3.63, 3.8) is 0 Å². The molecule has 1 aromatic heterocycles. The van der Waals surface area contributed by atoms with Crippen molar-refractivity contribution in [2.24, 2.45) is 0 Å². The molecule has 0 saturated heterocycles. The van der Waals surface area contributed by atoms with Crippen LogP contribution in [0.2, 0.25) is 0 Å². The van der Waals surface area contributed by atoms with Gasteiger partial charge in [-0.05, 0) is 42.3 Å². The first-order chi connectivity index (χ1) is 9.70. The van der Waals surface area contributed by atoms with Crippen molar-refractivity contribution in [1.29, 1.82) is 0 Å². The van der Waals surface area contributed by atoms with Gasteiger partial charge in [-0.1, -0.05) is 6.07 Å². The van der Waals surface area contributed by atoms with E-state index < -0.39 is 0 Å². The smallest absolute Gasteiger partial charge is 0.303 e. The summed E-state index contributed by atoms with van der Waals surface area (Å²) in [5.74, 6) is -0.254. The molecule has 0 saturated carbocycles. The van der Waals surface area contributed by atoms with Crippen LogP contribution in [0.3, 0.4) is 0 Å². The molecule has 0 radical (unpaired) electrons. The van der Waals surface area contributed by atoms with Gasteiger partial charge >= 0.3 is 6.01 Å². The molecule has 0 bridgehead atoms. The van der Waals surface area contributed by atoms with Gasteiger partial charge in [-0.2, -0.15) is 4.98 Å². The Morgan fingerprint density at radius 3 is 3.00 bits per heavy atom. The van der Waals surface area contributed by atoms with Crippen LogP contribution in [0, 0.1) is 5.82 Å². The first-order valence-electron chi connectivity index (χ1n) is 6.43. The maximum Gasteiger partial charge on any atom is 0.303 e. The number of nitrogens with zero attached hydrogens (tertiary/aromatic N) is 2. The van der Waals surface area contributed by atoms with Gasteiger partial charge in [-0.25, -0.2) is 4.39 Å². The van der Waals surface area contributed by atoms with Crippen LogP contribution in [-0.4, -0.2) is 11.5 Å². The van der Waals surface area contributed by atoms with Gasteiger partial charge in [0.2, 0.25) is 0 Å². The molecule has 3 aromatic rings. The van der Waals surface area contributed by atoms with Crippen molar-refractivity contribution in [2.45, 2.75) is 6.42 Å². The van der Waals surface area contributed by atoms with E-state index in [0.29, 0.717) is 22.8 Å². The standard InChI is InChI=1S/C15H12FN3O/c16-10-2-1-9-5-6-19(13(9)7-10)15-18-12-8-11(17)3-4-14(12)20-15/h1-4,7-8H,5-6,17H2. The third kappa shape index (κ3) is 1.63. The van der Waals surface area contributed by atoms with Crippen molar-refractivity contribution in [2.75, 3.05) is 17.2 Å². The Balaban J connectivity index is 1.83. The van der Waals surface area contributed by atoms with E-state index in [1.807, 2.05) is 11.0 Å². The number of aromatic nitrogens is 1. The number of nitrogen functional groups attached to an aromatic ring is 1. The lowest BCUT2D eigenvalue weighted by molar-refractivity contribution is 0.595. The summed E-state index contributed by atoms with van der Waals surface area (Å²) in [5, 5.41) is 0. The maximum absolute atomic E-state index is 13.4. The molecule has 4 nitrogen and oxygen atoms in total. The highest BCUT2D eigenvalue weighted by atomic mass is 19.1. The van der Waals surface area contributed by atoms with E-state index in [-0.39, 0.29) is 5.82 Å². The van der Waals surface area contributed by atoms with E-state index in [9.17, 15) is 4.39 Å². The summed E-state index contributed by atoms with van der Waals surface area (Å²) in [6, 6.07) is 10.6. The van der Waals surface area contributed by atoms with Gasteiger partial charge in [0.15, 0.2) is 5.58 Å². The normalized spacial score (nSPS) is 13.9. The second-order valence-corrected chi connectivity index (χ2v) is 4.90. The zero-order chi connectivity index (χ0) is 13.7. The first kappa shape index (κ1) is 11.3. The summed E-state index contributed by atoms with van der Waals surface area (Å²) in [5.41, 5.74) is 9.70. The SMILES string of the molecule is Nc1ccc2oc(N3CCc4ccc(F)cc43)nc2c1. The van der Waals surface area contributed by atoms with Gasteiger partial charge < -0.3 is 10.2 Å². The molecule has 0 spiro atoms. The third-order valence-electron chi connectivity index (χ3n) is 3.57. The summed E-state index contributed by atoms with van der Waals surface area (Å²) >= 11 is 0. The van der Waals surface area contributed by atoms with Crippen molar-refractivity contribution >= 4 is 28.5 Å². The van der Waals surface area contributed by atoms with Crippen LogP contribution < -0.4 is 10.6 Å². The Hall–Kier alpha value is -2.56. The molecule has 4 rings (SSSR count). The van der Waals surface area contributed by atoms with Crippen molar-refractivity contribution in [3.8, 4) is 0 Å². The Bertz CT molecular complexity index is 812. The Labute approximate surface area is 114 Å². The number of oxazole rings is 1. The number of hydrogen-bond acceptors (Lipinski definition) is 4. The number of hydrogen-bond donors (Lipinski definition) is 1. The molecule has 1 aliphatic heterocycles. The minimum Gasteiger partial charge on any atom is -0.423 e. The predicted octanol–water partition coefficient (Wildman–Crippen LogP) is 3.24. The van der Waals surface area contributed by atoms with E-state index in [1.54, 1.807) is 18.2 Å². The van der Waals surface area contributed by atoms with Crippen LogP contribution >= 0.6 is 0 Å². The molecule has 0 aliphatic carbocycles. The van der Waals surface area contributed by atoms with Gasteiger partial charge in [-0.3, -0.25) is 4.90 Å². The highest BCUT2D eigenvalue weighted by Crippen LogP contribution is 2.36. The zero-order valence-electron chi connectivity index (χ0n) is 10.6. The average molecular weight is 269 g/mol. The largest absolute Gasteiger partial charge is 0.423 e. The van der Waals surface area contributed by atoms with E-state index in [2.05, 4.69) is 4.98 Å². The monoisotopic (exact) mass is 269 g/mol. The first-order valence-corrected chi connectivity index (χ1v) is 6.43. The number of anilines is 3. The summed E-state index contributed by atoms with van der Waals surface area (Å²) in [4.78, 5) is 6.34. The molecule has 100 valence electrons. The molecule has 1 aliphatic rings. The number of benzene rings is 2. The fourth-order valence-corrected chi connectivity index (χ4v) is 2.60. The van der Waals surface area contributed by atoms with Crippen molar-refractivity contribution in [3.05, 3.63) is 47.8 Å². The number of nitrogens with two attached hydrogens (primary N) is 1. The van der Waals surface area contributed by atoms with Crippen LogP contribution in [0.5, 0.6) is 0 Å². The van der Waals surface area contributed by atoms with Gasteiger partial charge in [-0.15, -0.1) is 0 Å². The number of halogens is 1. The van der Waals surface area contributed by atoms with Crippen LogP contribution in [0.1, 0.15) is 5.56 Å². The second kappa shape index (κ2) is 3.96. The van der Waals surface area contributed by atoms with Gasteiger partial charge in [0.05, 0.1) is 5.69 Å². The molecule has 0 unspecified atom stereocenters. The lowest BCUT2D eigenvalue weighted by Crippen LogP contribution is -2.13. The highest BCUT2D eigenvalue weighted by molar-refractivity contribution is 5.79. The molecule has 2 N–H and O–H groups in total. The molecule has 20 heavy (non-hydrogen) atoms. The van der Waals surface area contributed by atoms with Gasteiger partial charge in [0.25, 0.3) is 0 Å². The number of fused-ring (bicyclic) bond motifs is 2. The lowest BCUT2D eigenvalue weighted by atomic mass is 10.2. The van der Waals surface area contributed by atoms with E-state index in [4.69, 9.17) is 10.2 Å². The molecule has 0 fully saturated rings. The summed E-state index contributed by atoms with van der Waals surface area (Å²) in [6.07, 6.45) is 0.858. The quantitative estimate of drug-likeness (QED) is 0.689. The zero-order valence-corrected chi connectivity index (χ0v) is 10.6. The van der Waals surface area contributed by atoms with Crippen LogP contribution in [0.25, 0.3) is 11.1 Å². The Morgan fingerprint density at radius 1 is 1.20 bits per heavy atom. The average Bonchev–Trinajstić information content (AvgIpc) is 3.00. The molecular formula is C15H12FN3O. The molecular weight excluding hydrogens is 257 g/mol. The predicted molar refractivity (Wildman–Crippen MR) is 75.5 cm³/mol. The molecule has 2 aromatic carbocycles. The third-order valence-corrected chi connectivity index (χ3v) is 3.57. The fourth-order valence-electron chi connectivity index (χ4n) is 2.60. The summed E-state index contributed by atoms with van der Waals surface area (Å²) < 4.78 is 19.2. The van der Waals surface area contributed by atoms with Crippen LogP contribution in [0.15, 0.2) is 40.8 Å². The van der Waals surface area contributed by atoms with Crippen LogP contribution in [-0.2, 0) is 6.42 Å². The lowest BCUT2D eigenvalue weighted by Gasteiger charge is -2.13. The summed E-state index contributed by atoms with van der Waals surface area (Å²) in [6.45, 7) is 0.737. The molecule has 2 heterocycles. The van der Waals surface area contributed by atoms with Gasteiger partial charge in [0, 0.05) is 12.2 Å². The van der Waals surface area contributed by atoms with Crippen molar-refractivity contribution < 1.29 is 8.81 Å². The second-order valence-electron chi connectivity index (χ2n) is 4.90. The highest BCUT2D eigenvalue weighted by Gasteiger charge is 2.24. The van der Waals surface area contributed by atoms with E-state index in [1.165, 1.54) is 12.1 Å². The van der Waals surface area contributed by atoms with E-state index >= 15 is 0 Å². The maximum atomic E-state index is 13.4. The molecule has 5 heteroatoms. The Morgan fingerprint density at radius 2 is 2.10 bits per heavy atom. The number of rotatable bonds is 1. The van der Waals surface area contributed by atoms with Crippen molar-refractivity contribution in [1.82, 2.24) is 4.98 Å².